The number of rotatable bonds is 4. The van der Waals surface area contributed by atoms with E-state index in [4.69, 9.17) is 4.74 Å². The molecule has 0 amide bonds. The summed E-state index contributed by atoms with van der Waals surface area (Å²) in [7, 11) is 1.99. The fraction of sp³-hybridized carbons (Fsp3) is 0.700. The number of imidazole rings is 1. The number of ether oxygens (including phenoxy) is 1. The van der Waals surface area contributed by atoms with E-state index in [0.29, 0.717) is 0 Å². The van der Waals surface area contributed by atoms with Gasteiger partial charge in [0.2, 0.25) is 5.95 Å². The van der Waals surface area contributed by atoms with Crippen molar-refractivity contribution >= 4 is 5.95 Å². The number of nitrogens with one attached hydrogen (secondary N) is 1. The Morgan fingerprint density at radius 1 is 1.47 bits per heavy atom. The fourth-order valence-corrected chi connectivity index (χ4v) is 1.69. The van der Waals surface area contributed by atoms with E-state index in [0.717, 1.165) is 45.3 Å². The Bertz CT molecular complexity index is 293. The Morgan fingerprint density at radius 2 is 2.27 bits per heavy atom. The lowest BCUT2D eigenvalue weighted by atomic mass is 10.4. The predicted molar refractivity (Wildman–Crippen MR) is 59.0 cm³/mol. The molecule has 0 unspecified atom stereocenters. The van der Waals surface area contributed by atoms with Gasteiger partial charge in [-0.1, -0.05) is 0 Å². The molecule has 1 saturated heterocycles. The van der Waals surface area contributed by atoms with Crippen LogP contribution >= 0.6 is 0 Å². The van der Waals surface area contributed by atoms with Crippen molar-refractivity contribution in [2.75, 3.05) is 44.7 Å². The molecule has 1 N–H and O–H groups in total. The maximum Gasteiger partial charge on any atom is 0.202 e. The summed E-state index contributed by atoms with van der Waals surface area (Å²) < 4.78 is 7.28. The molecule has 5 heteroatoms. The van der Waals surface area contributed by atoms with Gasteiger partial charge in [-0.25, -0.2) is 4.98 Å². The predicted octanol–water partition coefficient (Wildman–Crippen LogP) is 0.164. The second-order valence-corrected chi connectivity index (χ2v) is 3.74. The molecular weight excluding hydrogens is 192 g/mol. The first-order valence-electron chi connectivity index (χ1n) is 5.37. The first-order valence-corrected chi connectivity index (χ1v) is 5.37. The molecule has 0 spiro atoms. The van der Waals surface area contributed by atoms with Crippen molar-refractivity contribution in [3.05, 3.63) is 12.4 Å². The van der Waals surface area contributed by atoms with Crippen molar-refractivity contribution in [1.29, 1.82) is 0 Å². The van der Waals surface area contributed by atoms with E-state index in [1.165, 1.54) is 0 Å². The summed E-state index contributed by atoms with van der Waals surface area (Å²) in [5.74, 6) is 0.934. The molecule has 15 heavy (non-hydrogen) atoms. The monoisotopic (exact) mass is 210 g/mol. The Labute approximate surface area is 90.0 Å². The van der Waals surface area contributed by atoms with Gasteiger partial charge in [0.15, 0.2) is 0 Å². The molecule has 0 bridgehead atoms. The van der Waals surface area contributed by atoms with Gasteiger partial charge in [-0.3, -0.25) is 4.90 Å². The van der Waals surface area contributed by atoms with Crippen LogP contribution in [-0.2, 0) is 11.8 Å². The lowest BCUT2D eigenvalue weighted by molar-refractivity contribution is 0.0398. The van der Waals surface area contributed by atoms with Crippen LogP contribution in [-0.4, -0.2) is 53.8 Å². The van der Waals surface area contributed by atoms with Crippen LogP contribution < -0.4 is 5.32 Å². The van der Waals surface area contributed by atoms with Crippen LogP contribution in [0.25, 0.3) is 0 Å². The Hall–Kier alpha value is -1.07. The van der Waals surface area contributed by atoms with Gasteiger partial charge in [0, 0.05) is 45.6 Å². The van der Waals surface area contributed by atoms with E-state index in [1.54, 1.807) is 6.20 Å². The Kier molecular flexibility index (Phi) is 3.58. The molecule has 84 valence electrons. The second kappa shape index (κ2) is 5.14. The topological polar surface area (TPSA) is 42.3 Å². The number of hydrogen-bond acceptors (Lipinski definition) is 4. The average Bonchev–Trinajstić information content (AvgIpc) is 2.66. The maximum atomic E-state index is 5.29. The first kappa shape index (κ1) is 10.4. The largest absolute Gasteiger partial charge is 0.379 e. The van der Waals surface area contributed by atoms with E-state index < -0.39 is 0 Å². The van der Waals surface area contributed by atoms with Crippen molar-refractivity contribution in [3.8, 4) is 0 Å². The zero-order valence-electron chi connectivity index (χ0n) is 9.15. The molecule has 1 aliphatic rings. The van der Waals surface area contributed by atoms with E-state index in [-0.39, 0.29) is 0 Å². The Morgan fingerprint density at radius 3 is 2.93 bits per heavy atom. The molecule has 1 aromatic heterocycles. The molecule has 5 nitrogen and oxygen atoms in total. The van der Waals surface area contributed by atoms with E-state index >= 15 is 0 Å². The summed E-state index contributed by atoms with van der Waals surface area (Å²) in [5, 5.41) is 3.31. The molecule has 0 aliphatic carbocycles. The molecule has 1 fully saturated rings. The Balaban J connectivity index is 1.68. The van der Waals surface area contributed by atoms with Crippen LogP contribution in [0.5, 0.6) is 0 Å². The summed E-state index contributed by atoms with van der Waals surface area (Å²) in [6.07, 6.45) is 3.74. The lowest BCUT2D eigenvalue weighted by Gasteiger charge is -2.26. The minimum Gasteiger partial charge on any atom is -0.379 e. The molecule has 0 aromatic carbocycles. The highest BCUT2D eigenvalue weighted by atomic mass is 16.5. The summed E-state index contributed by atoms with van der Waals surface area (Å²) in [6.45, 7) is 5.80. The summed E-state index contributed by atoms with van der Waals surface area (Å²) >= 11 is 0. The highest BCUT2D eigenvalue weighted by molar-refractivity contribution is 5.24. The van der Waals surface area contributed by atoms with Crippen LogP contribution in [0.1, 0.15) is 0 Å². The quantitative estimate of drug-likeness (QED) is 0.769. The highest BCUT2D eigenvalue weighted by Crippen LogP contribution is 2.01. The second-order valence-electron chi connectivity index (χ2n) is 3.74. The third-order valence-electron chi connectivity index (χ3n) is 2.64. The fourth-order valence-electron chi connectivity index (χ4n) is 1.69. The van der Waals surface area contributed by atoms with Crippen molar-refractivity contribution < 1.29 is 4.74 Å². The van der Waals surface area contributed by atoms with E-state index in [2.05, 4.69) is 15.2 Å². The molecule has 1 aliphatic heterocycles. The van der Waals surface area contributed by atoms with Crippen molar-refractivity contribution in [2.45, 2.75) is 0 Å². The van der Waals surface area contributed by atoms with Gasteiger partial charge in [0.05, 0.1) is 13.2 Å². The summed E-state index contributed by atoms with van der Waals surface area (Å²) in [4.78, 5) is 6.61. The zero-order valence-corrected chi connectivity index (χ0v) is 9.15. The van der Waals surface area contributed by atoms with Gasteiger partial charge >= 0.3 is 0 Å². The number of anilines is 1. The minimum atomic E-state index is 0.863. The molecule has 2 rings (SSSR count). The van der Waals surface area contributed by atoms with E-state index in [1.807, 2.05) is 17.8 Å². The standard InChI is InChI=1S/C10H18N4O/c1-13-4-2-11-10(13)12-3-5-14-6-8-15-9-7-14/h2,4H,3,5-9H2,1H3,(H,11,12). The molecular formula is C10H18N4O. The number of aryl methyl sites for hydroxylation is 1. The highest BCUT2D eigenvalue weighted by Gasteiger charge is 2.09. The third-order valence-corrected chi connectivity index (χ3v) is 2.64. The normalized spacial score (nSPS) is 17.9. The van der Waals surface area contributed by atoms with Gasteiger partial charge < -0.3 is 14.6 Å². The number of nitrogens with zero attached hydrogens (tertiary/aromatic N) is 3. The van der Waals surface area contributed by atoms with Crippen LogP contribution in [0, 0.1) is 0 Å². The van der Waals surface area contributed by atoms with Crippen molar-refractivity contribution in [3.63, 3.8) is 0 Å². The minimum absolute atomic E-state index is 0.863. The molecule has 0 saturated carbocycles. The van der Waals surface area contributed by atoms with Crippen LogP contribution in [0.3, 0.4) is 0 Å². The average molecular weight is 210 g/mol. The first-order chi connectivity index (χ1) is 7.36. The summed E-state index contributed by atoms with van der Waals surface area (Å²) in [5.41, 5.74) is 0. The smallest absolute Gasteiger partial charge is 0.202 e. The third kappa shape index (κ3) is 2.94. The van der Waals surface area contributed by atoms with Gasteiger partial charge in [-0.05, 0) is 0 Å². The van der Waals surface area contributed by atoms with E-state index in [9.17, 15) is 0 Å². The van der Waals surface area contributed by atoms with Gasteiger partial charge in [0.1, 0.15) is 0 Å². The van der Waals surface area contributed by atoms with Crippen LogP contribution in [0.2, 0.25) is 0 Å². The summed E-state index contributed by atoms with van der Waals surface area (Å²) in [6, 6.07) is 0. The molecule has 2 heterocycles. The van der Waals surface area contributed by atoms with Gasteiger partial charge in [0.25, 0.3) is 0 Å². The maximum absolute atomic E-state index is 5.29. The van der Waals surface area contributed by atoms with Crippen LogP contribution in [0.4, 0.5) is 5.95 Å². The molecule has 1 aromatic rings. The van der Waals surface area contributed by atoms with Crippen LogP contribution in [0.15, 0.2) is 12.4 Å². The molecule has 0 radical (unpaired) electrons. The zero-order chi connectivity index (χ0) is 10.5. The number of morpholine rings is 1. The van der Waals surface area contributed by atoms with Gasteiger partial charge in [-0.15, -0.1) is 0 Å². The van der Waals surface area contributed by atoms with Gasteiger partial charge in [-0.2, -0.15) is 0 Å². The van der Waals surface area contributed by atoms with Crippen molar-refractivity contribution in [1.82, 2.24) is 14.5 Å². The molecule has 0 atom stereocenters. The number of hydrogen-bond donors (Lipinski definition) is 1. The lowest BCUT2D eigenvalue weighted by Crippen LogP contribution is -2.39. The number of aromatic nitrogens is 2. The SMILES string of the molecule is Cn1ccnc1NCCN1CCOCC1. The van der Waals surface area contributed by atoms with Crippen molar-refractivity contribution in [2.24, 2.45) is 7.05 Å².